The Labute approximate surface area is 48.8 Å². The van der Waals surface area contributed by atoms with Crippen LogP contribution in [0.1, 0.15) is 19.3 Å². The molecule has 1 rings (SSSR count). The standard InChI is InChI=1S/C6H9O2/c1-5(7)8-6-3-2-4-6/h6H,1-4H2. The first-order valence-corrected chi connectivity index (χ1v) is 2.81. The average molecular weight is 113 g/mol. The average Bonchev–Trinajstić information content (AvgIpc) is 1.55. The molecule has 0 unspecified atom stereocenters. The van der Waals surface area contributed by atoms with Gasteiger partial charge in [0.2, 0.25) is 0 Å². The zero-order valence-corrected chi connectivity index (χ0v) is 4.72. The van der Waals surface area contributed by atoms with E-state index in [9.17, 15) is 4.79 Å². The lowest BCUT2D eigenvalue weighted by Gasteiger charge is -2.24. The van der Waals surface area contributed by atoms with Crippen molar-refractivity contribution < 1.29 is 9.53 Å². The van der Waals surface area contributed by atoms with E-state index in [0.717, 1.165) is 12.8 Å². The molecule has 1 saturated carbocycles. The molecule has 1 aliphatic carbocycles. The van der Waals surface area contributed by atoms with E-state index in [1.807, 2.05) is 0 Å². The second kappa shape index (κ2) is 2.16. The molecule has 0 amide bonds. The summed E-state index contributed by atoms with van der Waals surface area (Å²) in [7, 11) is 0. The maximum absolute atomic E-state index is 10.1. The van der Waals surface area contributed by atoms with Gasteiger partial charge >= 0.3 is 5.97 Å². The first kappa shape index (κ1) is 5.60. The third-order valence-corrected chi connectivity index (χ3v) is 1.35. The Morgan fingerprint density at radius 1 is 1.62 bits per heavy atom. The second-order valence-corrected chi connectivity index (χ2v) is 2.04. The molecule has 1 radical (unpaired) electrons. The van der Waals surface area contributed by atoms with Crippen LogP contribution < -0.4 is 0 Å². The van der Waals surface area contributed by atoms with Crippen LogP contribution in [0.2, 0.25) is 0 Å². The Morgan fingerprint density at radius 2 is 2.25 bits per heavy atom. The van der Waals surface area contributed by atoms with Crippen LogP contribution in [0, 0.1) is 6.92 Å². The molecule has 8 heavy (non-hydrogen) atoms. The molecular weight excluding hydrogens is 104 g/mol. The van der Waals surface area contributed by atoms with Gasteiger partial charge < -0.3 is 4.74 Å². The minimum Gasteiger partial charge on any atom is -0.462 e. The monoisotopic (exact) mass is 113 g/mol. The number of carbonyl (C=O) groups excluding carboxylic acids is 1. The number of hydrogen-bond donors (Lipinski definition) is 0. The van der Waals surface area contributed by atoms with Crippen LogP contribution in [0.25, 0.3) is 0 Å². The zero-order valence-electron chi connectivity index (χ0n) is 4.72. The molecule has 45 valence electrons. The van der Waals surface area contributed by atoms with Crippen LogP contribution >= 0.6 is 0 Å². The molecule has 2 nitrogen and oxygen atoms in total. The van der Waals surface area contributed by atoms with Crippen molar-refractivity contribution >= 4 is 5.97 Å². The van der Waals surface area contributed by atoms with Crippen molar-refractivity contribution in [3.63, 3.8) is 0 Å². The SMILES string of the molecule is [CH2]C(=O)OC1CCC1. The van der Waals surface area contributed by atoms with Crippen molar-refractivity contribution in [3.8, 4) is 0 Å². The van der Waals surface area contributed by atoms with E-state index in [-0.39, 0.29) is 6.10 Å². The van der Waals surface area contributed by atoms with E-state index in [2.05, 4.69) is 6.92 Å². The summed E-state index contributed by atoms with van der Waals surface area (Å²) < 4.78 is 4.74. The van der Waals surface area contributed by atoms with E-state index in [0.29, 0.717) is 0 Å². The first-order valence-electron chi connectivity index (χ1n) is 2.81. The van der Waals surface area contributed by atoms with Crippen LogP contribution in [0.3, 0.4) is 0 Å². The van der Waals surface area contributed by atoms with Crippen molar-refractivity contribution in [2.75, 3.05) is 0 Å². The van der Waals surface area contributed by atoms with Crippen LogP contribution in [0.15, 0.2) is 0 Å². The zero-order chi connectivity index (χ0) is 5.98. The van der Waals surface area contributed by atoms with Crippen molar-refractivity contribution in [2.45, 2.75) is 25.4 Å². The van der Waals surface area contributed by atoms with E-state index in [4.69, 9.17) is 4.74 Å². The fraction of sp³-hybridized carbons (Fsp3) is 0.667. The van der Waals surface area contributed by atoms with Crippen LogP contribution in [0.4, 0.5) is 0 Å². The number of carbonyl (C=O) groups is 1. The normalized spacial score (nSPS) is 19.6. The van der Waals surface area contributed by atoms with Gasteiger partial charge in [-0.2, -0.15) is 0 Å². The molecule has 0 N–H and O–H groups in total. The third-order valence-electron chi connectivity index (χ3n) is 1.35. The van der Waals surface area contributed by atoms with Crippen molar-refractivity contribution in [3.05, 3.63) is 6.92 Å². The number of rotatable bonds is 1. The molecule has 0 saturated heterocycles. The Morgan fingerprint density at radius 3 is 2.38 bits per heavy atom. The fourth-order valence-corrected chi connectivity index (χ4v) is 0.675. The minimum absolute atomic E-state index is 0.194. The van der Waals surface area contributed by atoms with Gasteiger partial charge in [-0.3, -0.25) is 4.79 Å². The molecule has 0 atom stereocenters. The lowest BCUT2D eigenvalue weighted by atomic mass is 9.96. The minimum atomic E-state index is -0.394. The van der Waals surface area contributed by atoms with E-state index < -0.39 is 5.97 Å². The van der Waals surface area contributed by atoms with Gasteiger partial charge in [-0.1, -0.05) is 0 Å². The van der Waals surface area contributed by atoms with Crippen LogP contribution in [-0.4, -0.2) is 12.1 Å². The van der Waals surface area contributed by atoms with Crippen molar-refractivity contribution in [1.82, 2.24) is 0 Å². The molecule has 0 aromatic rings. The Balaban J connectivity index is 2.09. The number of hydrogen-bond acceptors (Lipinski definition) is 2. The van der Waals surface area contributed by atoms with E-state index in [1.165, 1.54) is 6.42 Å². The summed E-state index contributed by atoms with van der Waals surface area (Å²) in [5, 5.41) is 0. The van der Waals surface area contributed by atoms with Crippen molar-refractivity contribution in [1.29, 1.82) is 0 Å². The molecular formula is C6H9O2. The van der Waals surface area contributed by atoms with E-state index in [1.54, 1.807) is 0 Å². The quantitative estimate of drug-likeness (QED) is 0.472. The highest BCUT2D eigenvalue weighted by atomic mass is 16.5. The predicted molar refractivity (Wildman–Crippen MR) is 29.1 cm³/mol. The molecule has 0 aromatic heterocycles. The lowest BCUT2D eigenvalue weighted by molar-refractivity contribution is -0.147. The summed E-state index contributed by atoms with van der Waals surface area (Å²) in [6, 6.07) is 0. The highest BCUT2D eigenvalue weighted by Gasteiger charge is 2.19. The lowest BCUT2D eigenvalue weighted by Crippen LogP contribution is -2.23. The van der Waals surface area contributed by atoms with Gasteiger partial charge in [0, 0.05) is 0 Å². The predicted octanol–water partition coefficient (Wildman–Crippen LogP) is 0.916. The van der Waals surface area contributed by atoms with Gasteiger partial charge in [0.25, 0.3) is 0 Å². The van der Waals surface area contributed by atoms with Gasteiger partial charge in [0.1, 0.15) is 6.10 Å². The molecule has 0 heterocycles. The maximum atomic E-state index is 10.1. The molecule has 2 heteroatoms. The van der Waals surface area contributed by atoms with Crippen LogP contribution in [-0.2, 0) is 9.53 Å². The molecule has 0 aliphatic heterocycles. The molecule has 1 fully saturated rings. The van der Waals surface area contributed by atoms with Crippen LogP contribution in [0.5, 0.6) is 0 Å². The Bertz CT molecular complexity index is 94.7. The second-order valence-electron chi connectivity index (χ2n) is 2.04. The molecule has 0 bridgehead atoms. The van der Waals surface area contributed by atoms with Gasteiger partial charge in [-0.05, 0) is 19.3 Å². The highest BCUT2D eigenvalue weighted by Crippen LogP contribution is 2.21. The fourth-order valence-electron chi connectivity index (χ4n) is 0.675. The highest BCUT2D eigenvalue weighted by molar-refractivity contribution is 5.73. The summed E-state index contributed by atoms with van der Waals surface area (Å²) in [6.45, 7) is 3.10. The maximum Gasteiger partial charge on any atom is 0.306 e. The number of esters is 1. The molecule has 0 spiro atoms. The Hall–Kier alpha value is -0.530. The van der Waals surface area contributed by atoms with Crippen molar-refractivity contribution in [2.24, 2.45) is 0 Å². The summed E-state index contributed by atoms with van der Waals surface area (Å²) >= 11 is 0. The molecule has 0 aromatic carbocycles. The summed E-state index contributed by atoms with van der Waals surface area (Å²) in [5.74, 6) is -0.394. The Kier molecular flexibility index (Phi) is 1.51. The molecule has 1 aliphatic rings. The van der Waals surface area contributed by atoms with E-state index >= 15 is 0 Å². The van der Waals surface area contributed by atoms with Gasteiger partial charge in [0.15, 0.2) is 0 Å². The first-order chi connectivity index (χ1) is 3.79. The van der Waals surface area contributed by atoms with Gasteiger partial charge in [0.05, 0.1) is 6.92 Å². The summed E-state index contributed by atoms with van der Waals surface area (Å²) in [6.07, 6.45) is 3.44. The van der Waals surface area contributed by atoms with Gasteiger partial charge in [-0.25, -0.2) is 0 Å². The topological polar surface area (TPSA) is 26.3 Å². The number of ether oxygens (including phenoxy) is 1. The van der Waals surface area contributed by atoms with Gasteiger partial charge in [-0.15, -0.1) is 0 Å². The third kappa shape index (κ3) is 1.22. The smallest absolute Gasteiger partial charge is 0.306 e. The summed E-state index contributed by atoms with van der Waals surface area (Å²) in [4.78, 5) is 10.1. The largest absolute Gasteiger partial charge is 0.462 e. The summed E-state index contributed by atoms with van der Waals surface area (Å²) in [5.41, 5.74) is 0.